The van der Waals surface area contributed by atoms with Gasteiger partial charge in [0.2, 0.25) is 0 Å². The fourth-order valence-electron chi connectivity index (χ4n) is 1.02. The van der Waals surface area contributed by atoms with Gasteiger partial charge in [0, 0.05) is 16.5 Å². The van der Waals surface area contributed by atoms with Crippen molar-refractivity contribution in [1.29, 1.82) is 0 Å². The van der Waals surface area contributed by atoms with Crippen molar-refractivity contribution < 1.29 is 9.53 Å². The van der Waals surface area contributed by atoms with Crippen LogP contribution in [0.25, 0.3) is 0 Å². The van der Waals surface area contributed by atoms with Gasteiger partial charge in [-0.2, -0.15) is 0 Å². The van der Waals surface area contributed by atoms with Gasteiger partial charge >= 0.3 is 5.97 Å². The Bertz CT molecular complexity index is 395. The number of hydrogen-bond acceptors (Lipinski definition) is 4. The monoisotopic (exact) mass is 289 g/mol. The summed E-state index contributed by atoms with van der Waals surface area (Å²) in [5.41, 5.74) is 0.880. The van der Waals surface area contributed by atoms with Gasteiger partial charge in [0.05, 0.1) is 13.5 Å². The normalized spacial score (nSPS) is 9.76. The standard InChI is InChI=1S/C11H12ClNO2S2/c1-15-10(14)6-7-17-11(16)13-9-4-2-8(12)3-5-9/h2-5H,6-7H2,1H3,(H,13,16). The first-order valence-corrected chi connectivity index (χ1v) is 6.65. The molecule has 0 spiro atoms. The Labute approximate surface area is 115 Å². The molecule has 0 radical (unpaired) electrons. The van der Waals surface area contributed by atoms with Crippen LogP contribution in [0.15, 0.2) is 24.3 Å². The maximum atomic E-state index is 10.9. The van der Waals surface area contributed by atoms with Crippen molar-refractivity contribution >= 4 is 51.6 Å². The first-order chi connectivity index (χ1) is 8.11. The number of hydrogen-bond donors (Lipinski definition) is 1. The summed E-state index contributed by atoms with van der Waals surface area (Å²) in [7, 11) is 1.37. The summed E-state index contributed by atoms with van der Waals surface area (Å²) in [6.45, 7) is 0. The van der Waals surface area contributed by atoms with Gasteiger partial charge in [0.1, 0.15) is 4.32 Å². The Kier molecular flexibility index (Phi) is 6.32. The molecule has 1 aromatic rings. The average Bonchev–Trinajstić information content (AvgIpc) is 2.32. The number of benzene rings is 1. The maximum Gasteiger partial charge on any atom is 0.306 e. The molecule has 0 heterocycles. The fourth-order valence-corrected chi connectivity index (χ4v) is 2.15. The highest BCUT2D eigenvalue weighted by atomic mass is 35.5. The maximum absolute atomic E-state index is 10.9. The molecule has 0 fully saturated rings. The van der Waals surface area contributed by atoms with E-state index >= 15 is 0 Å². The molecule has 0 unspecified atom stereocenters. The van der Waals surface area contributed by atoms with Crippen molar-refractivity contribution in [2.75, 3.05) is 18.2 Å². The van der Waals surface area contributed by atoms with Gasteiger partial charge in [0.15, 0.2) is 0 Å². The number of rotatable bonds is 4. The molecule has 92 valence electrons. The number of halogens is 1. The number of methoxy groups -OCH3 is 1. The lowest BCUT2D eigenvalue weighted by Crippen LogP contribution is -2.07. The average molecular weight is 290 g/mol. The smallest absolute Gasteiger partial charge is 0.306 e. The zero-order valence-electron chi connectivity index (χ0n) is 9.23. The number of anilines is 1. The summed E-state index contributed by atoms with van der Waals surface area (Å²) in [5, 5.41) is 3.72. The predicted octanol–water partition coefficient (Wildman–Crippen LogP) is 3.33. The highest BCUT2D eigenvalue weighted by molar-refractivity contribution is 8.23. The largest absolute Gasteiger partial charge is 0.469 e. The van der Waals surface area contributed by atoms with Crippen molar-refractivity contribution in [2.45, 2.75) is 6.42 Å². The summed E-state index contributed by atoms with van der Waals surface area (Å²) in [6.07, 6.45) is 0.351. The minimum atomic E-state index is -0.230. The molecule has 0 aliphatic rings. The van der Waals surface area contributed by atoms with Crippen LogP contribution >= 0.6 is 35.6 Å². The quantitative estimate of drug-likeness (QED) is 0.680. The van der Waals surface area contributed by atoms with Gasteiger partial charge in [-0.3, -0.25) is 4.79 Å². The molecule has 0 bridgehead atoms. The molecule has 1 aromatic carbocycles. The Morgan fingerprint density at radius 3 is 2.71 bits per heavy atom. The Hall–Kier alpha value is -0.780. The van der Waals surface area contributed by atoms with Crippen molar-refractivity contribution in [2.24, 2.45) is 0 Å². The summed E-state index contributed by atoms with van der Waals surface area (Å²) >= 11 is 12.3. The predicted molar refractivity (Wildman–Crippen MR) is 76.8 cm³/mol. The van der Waals surface area contributed by atoms with Gasteiger partial charge < -0.3 is 10.1 Å². The molecule has 6 heteroatoms. The van der Waals surface area contributed by atoms with E-state index in [9.17, 15) is 4.79 Å². The van der Waals surface area contributed by atoms with E-state index in [2.05, 4.69) is 10.1 Å². The summed E-state index contributed by atoms with van der Waals surface area (Å²) in [5.74, 6) is 0.373. The molecule has 17 heavy (non-hydrogen) atoms. The van der Waals surface area contributed by atoms with Gasteiger partial charge in [-0.15, -0.1) is 0 Å². The molecule has 0 atom stereocenters. The zero-order valence-corrected chi connectivity index (χ0v) is 11.6. The second-order valence-electron chi connectivity index (χ2n) is 3.09. The number of thioether (sulfide) groups is 1. The van der Waals surface area contributed by atoms with Gasteiger partial charge in [-0.1, -0.05) is 35.6 Å². The number of nitrogens with one attached hydrogen (secondary N) is 1. The van der Waals surface area contributed by atoms with Crippen molar-refractivity contribution in [3.05, 3.63) is 29.3 Å². The third-order valence-electron chi connectivity index (χ3n) is 1.86. The third-order valence-corrected chi connectivity index (χ3v) is 3.34. The van der Waals surface area contributed by atoms with E-state index in [0.717, 1.165) is 5.69 Å². The number of thiocarbonyl (C=S) groups is 1. The fraction of sp³-hybridized carbons (Fsp3) is 0.273. The SMILES string of the molecule is COC(=O)CCSC(=S)Nc1ccc(Cl)cc1. The Morgan fingerprint density at radius 2 is 2.12 bits per heavy atom. The van der Waals surface area contributed by atoms with E-state index in [1.165, 1.54) is 18.9 Å². The molecule has 0 amide bonds. The van der Waals surface area contributed by atoms with Crippen LogP contribution in [0, 0.1) is 0 Å². The van der Waals surface area contributed by atoms with Gasteiger partial charge in [0.25, 0.3) is 0 Å². The highest BCUT2D eigenvalue weighted by Gasteiger charge is 2.03. The first kappa shape index (κ1) is 14.3. The van der Waals surface area contributed by atoms with Gasteiger partial charge in [-0.25, -0.2) is 0 Å². The number of carbonyl (C=O) groups excluding carboxylic acids is 1. The molecular formula is C11H12ClNO2S2. The second-order valence-corrected chi connectivity index (χ2v) is 5.30. The number of carbonyl (C=O) groups is 1. The Morgan fingerprint density at radius 1 is 1.47 bits per heavy atom. The highest BCUT2D eigenvalue weighted by Crippen LogP contribution is 2.16. The molecule has 0 aliphatic carbocycles. The third kappa shape index (κ3) is 5.91. The summed E-state index contributed by atoms with van der Waals surface area (Å²) in [6, 6.07) is 7.25. The lowest BCUT2D eigenvalue weighted by Gasteiger charge is -2.06. The zero-order chi connectivity index (χ0) is 12.7. The summed E-state index contributed by atoms with van der Waals surface area (Å²) in [4.78, 5) is 10.9. The molecule has 0 aromatic heterocycles. The topological polar surface area (TPSA) is 38.3 Å². The van der Waals surface area contributed by atoms with Crippen LogP contribution in [0.3, 0.4) is 0 Å². The van der Waals surface area contributed by atoms with Crippen molar-refractivity contribution in [1.82, 2.24) is 0 Å². The number of ether oxygens (including phenoxy) is 1. The molecule has 3 nitrogen and oxygen atoms in total. The van der Waals surface area contributed by atoms with Crippen LogP contribution in [0.4, 0.5) is 5.69 Å². The lowest BCUT2D eigenvalue weighted by atomic mass is 10.3. The number of esters is 1. The van der Waals surface area contributed by atoms with Crippen molar-refractivity contribution in [3.63, 3.8) is 0 Å². The van der Waals surface area contributed by atoms with E-state index in [0.29, 0.717) is 21.5 Å². The van der Waals surface area contributed by atoms with E-state index in [1.54, 1.807) is 12.1 Å². The molecule has 1 rings (SSSR count). The molecule has 1 N–H and O–H groups in total. The molecule has 0 saturated carbocycles. The van der Waals surface area contributed by atoms with E-state index < -0.39 is 0 Å². The van der Waals surface area contributed by atoms with Crippen molar-refractivity contribution in [3.8, 4) is 0 Å². The summed E-state index contributed by atoms with van der Waals surface area (Å²) < 4.78 is 5.15. The minimum absolute atomic E-state index is 0.230. The molecule has 0 aliphatic heterocycles. The van der Waals surface area contributed by atoms with Crippen LogP contribution in [0.5, 0.6) is 0 Å². The van der Waals surface area contributed by atoms with E-state index in [1.807, 2.05) is 12.1 Å². The first-order valence-electron chi connectivity index (χ1n) is 4.88. The Balaban J connectivity index is 2.30. The van der Waals surface area contributed by atoms with Crippen LogP contribution in [0.1, 0.15) is 6.42 Å². The van der Waals surface area contributed by atoms with Crippen LogP contribution < -0.4 is 5.32 Å². The van der Waals surface area contributed by atoms with E-state index in [-0.39, 0.29) is 5.97 Å². The lowest BCUT2D eigenvalue weighted by molar-refractivity contribution is -0.140. The van der Waals surface area contributed by atoms with Crippen LogP contribution in [0.2, 0.25) is 5.02 Å². The van der Waals surface area contributed by atoms with Gasteiger partial charge in [-0.05, 0) is 24.3 Å². The molecular weight excluding hydrogens is 278 g/mol. The molecule has 0 saturated heterocycles. The van der Waals surface area contributed by atoms with Crippen LogP contribution in [-0.4, -0.2) is 23.2 Å². The second kappa shape index (κ2) is 7.53. The van der Waals surface area contributed by atoms with Crippen LogP contribution in [-0.2, 0) is 9.53 Å². The van der Waals surface area contributed by atoms with E-state index in [4.69, 9.17) is 23.8 Å². The minimum Gasteiger partial charge on any atom is -0.469 e.